The van der Waals surface area contributed by atoms with E-state index in [-0.39, 0.29) is 19.0 Å². The van der Waals surface area contributed by atoms with Gasteiger partial charge in [-0.1, -0.05) is 23.4 Å². The summed E-state index contributed by atoms with van der Waals surface area (Å²) in [4.78, 5) is 22.8. The maximum atomic E-state index is 11.7. The lowest BCUT2D eigenvalue weighted by molar-refractivity contribution is -0.110. The van der Waals surface area contributed by atoms with Crippen LogP contribution in [0.25, 0.3) is 0 Å². The molecule has 0 bridgehead atoms. The van der Waals surface area contributed by atoms with Crippen molar-refractivity contribution in [2.75, 3.05) is 13.2 Å². The molecule has 0 aliphatic heterocycles. The molecule has 0 saturated carbocycles. The highest BCUT2D eigenvalue weighted by Crippen LogP contribution is 2.17. The smallest absolute Gasteiger partial charge is 0.339 e. The molecule has 118 valence electrons. The summed E-state index contributed by atoms with van der Waals surface area (Å²) in [7, 11) is 0. The van der Waals surface area contributed by atoms with Gasteiger partial charge in [0.25, 0.3) is 0 Å². The molecule has 23 heavy (non-hydrogen) atoms. The first-order chi connectivity index (χ1) is 11.0. The largest absolute Gasteiger partial charge is 0.449 e. The number of ether oxygens (including phenoxy) is 2. The Kier molecular flexibility index (Phi) is 5.75. The Labute approximate surface area is 139 Å². The molecule has 0 radical (unpaired) electrons. The van der Waals surface area contributed by atoms with Gasteiger partial charge in [0.2, 0.25) is 0 Å². The number of carbonyl (C=O) groups excluding carboxylic acids is 2. The lowest BCUT2D eigenvalue weighted by atomic mass is 10.00. The summed E-state index contributed by atoms with van der Waals surface area (Å²) in [5.74, 6) is 4.94. The average molecular weight is 331 g/mol. The van der Waals surface area contributed by atoms with Crippen molar-refractivity contribution in [2.45, 2.75) is 12.5 Å². The van der Waals surface area contributed by atoms with Gasteiger partial charge in [0.1, 0.15) is 12.2 Å². The van der Waals surface area contributed by atoms with Crippen molar-refractivity contribution in [1.29, 1.82) is 0 Å². The van der Waals surface area contributed by atoms with Gasteiger partial charge in [0.15, 0.2) is 12.4 Å². The zero-order valence-electron chi connectivity index (χ0n) is 12.5. The molecule has 0 spiro atoms. The second-order valence-electron chi connectivity index (χ2n) is 4.98. The lowest BCUT2D eigenvalue weighted by Crippen LogP contribution is -2.26. The molecule has 0 unspecified atom stereocenters. The lowest BCUT2D eigenvalue weighted by Gasteiger charge is -2.22. The third-order valence-corrected chi connectivity index (χ3v) is 3.34. The topological polar surface area (TPSA) is 52.6 Å². The van der Waals surface area contributed by atoms with E-state index in [1.54, 1.807) is 36.4 Å². The fourth-order valence-electron chi connectivity index (χ4n) is 1.77. The molecule has 0 atom stereocenters. The number of hydrogen-bond acceptors (Lipinski definition) is 4. The molecular weight excluding hydrogens is 316 g/mol. The minimum atomic E-state index is -0.636. The second-order valence-corrected chi connectivity index (χ2v) is 5.41. The molecule has 0 N–H and O–H groups in total. The van der Waals surface area contributed by atoms with Gasteiger partial charge in [-0.3, -0.25) is 4.79 Å². The van der Waals surface area contributed by atoms with Gasteiger partial charge >= 0.3 is 5.97 Å². The van der Waals surface area contributed by atoms with Crippen molar-refractivity contribution in [1.82, 2.24) is 0 Å². The molecule has 0 aromatic heterocycles. The van der Waals surface area contributed by atoms with E-state index >= 15 is 0 Å². The molecule has 1 aliphatic carbocycles. The fraction of sp³-hybridized carbons (Fsp3) is 0.222. The van der Waals surface area contributed by atoms with Crippen LogP contribution in [0.4, 0.5) is 0 Å². The van der Waals surface area contributed by atoms with Gasteiger partial charge < -0.3 is 9.47 Å². The summed E-state index contributed by atoms with van der Waals surface area (Å²) < 4.78 is 10.6. The van der Waals surface area contributed by atoms with E-state index in [0.717, 1.165) is 0 Å². The monoisotopic (exact) mass is 330 g/mol. The number of benzene rings is 1. The van der Waals surface area contributed by atoms with Crippen LogP contribution in [0.15, 0.2) is 48.6 Å². The molecule has 0 fully saturated rings. The van der Waals surface area contributed by atoms with Crippen LogP contribution in [0.5, 0.6) is 0 Å². The molecule has 0 heterocycles. The number of halogens is 1. The van der Waals surface area contributed by atoms with E-state index in [2.05, 4.69) is 11.8 Å². The average Bonchev–Trinajstić information content (AvgIpc) is 2.54. The van der Waals surface area contributed by atoms with Crippen molar-refractivity contribution in [3.05, 3.63) is 59.2 Å². The van der Waals surface area contributed by atoms with Crippen LogP contribution in [-0.2, 0) is 14.3 Å². The van der Waals surface area contributed by atoms with Crippen LogP contribution in [0.3, 0.4) is 0 Å². The number of hydrogen-bond donors (Lipinski definition) is 0. The highest BCUT2D eigenvalue weighted by atomic mass is 35.5. The van der Waals surface area contributed by atoms with Crippen molar-refractivity contribution in [2.24, 2.45) is 0 Å². The maximum absolute atomic E-state index is 11.7. The van der Waals surface area contributed by atoms with E-state index in [4.69, 9.17) is 21.1 Å². The Hall–Kier alpha value is -2.35. The van der Waals surface area contributed by atoms with Crippen LogP contribution in [0, 0.1) is 11.8 Å². The zero-order valence-corrected chi connectivity index (χ0v) is 13.3. The second kappa shape index (κ2) is 7.77. The maximum Gasteiger partial charge on any atom is 0.339 e. The van der Waals surface area contributed by atoms with Crippen LogP contribution >= 0.6 is 11.6 Å². The number of carbonyl (C=O) groups is 2. The molecule has 0 saturated heterocycles. The Morgan fingerprint density at radius 3 is 2.39 bits per heavy atom. The first-order valence-corrected chi connectivity index (χ1v) is 7.31. The van der Waals surface area contributed by atoms with E-state index < -0.39 is 11.6 Å². The molecule has 4 nitrogen and oxygen atoms in total. The van der Waals surface area contributed by atoms with Gasteiger partial charge in [0.05, 0.1) is 5.56 Å². The Morgan fingerprint density at radius 1 is 1.13 bits per heavy atom. The first-order valence-electron chi connectivity index (χ1n) is 6.93. The molecule has 2 rings (SSSR count). The molecule has 1 aromatic carbocycles. The van der Waals surface area contributed by atoms with Crippen molar-refractivity contribution >= 4 is 23.4 Å². The SMILES string of the molecule is CC1(OCC#CCOC(=O)c2ccc(Cl)cc2)C=CC(=O)C=C1. The third kappa shape index (κ3) is 5.41. The van der Waals surface area contributed by atoms with Crippen molar-refractivity contribution in [3.8, 4) is 11.8 Å². The van der Waals surface area contributed by atoms with Crippen LogP contribution in [0.1, 0.15) is 17.3 Å². The number of esters is 1. The van der Waals surface area contributed by atoms with Crippen molar-refractivity contribution < 1.29 is 19.1 Å². The summed E-state index contributed by atoms with van der Waals surface area (Å²) in [6.45, 7) is 1.97. The van der Waals surface area contributed by atoms with Crippen molar-refractivity contribution in [3.63, 3.8) is 0 Å². The van der Waals surface area contributed by atoms with Crippen LogP contribution < -0.4 is 0 Å². The molecule has 0 amide bonds. The molecule has 5 heteroatoms. The number of rotatable bonds is 4. The predicted octanol–water partition coefficient (Wildman–Crippen LogP) is 2.97. The van der Waals surface area contributed by atoms with E-state index in [0.29, 0.717) is 10.6 Å². The van der Waals surface area contributed by atoms with E-state index in [1.807, 2.05) is 6.92 Å². The number of ketones is 1. The van der Waals surface area contributed by atoms with Gasteiger partial charge in [-0.05, 0) is 55.5 Å². The number of allylic oxidation sites excluding steroid dienone is 2. The summed E-state index contributed by atoms with van der Waals surface area (Å²) in [6, 6.07) is 6.42. The Balaban J connectivity index is 1.73. The quantitative estimate of drug-likeness (QED) is 0.629. The zero-order chi connectivity index (χ0) is 16.7. The predicted molar refractivity (Wildman–Crippen MR) is 87.2 cm³/mol. The minimum Gasteiger partial charge on any atom is -0.449 e. The normalized spacial score (nSPS) is 15.0. The first kappa shape index (κ1) is 17.0. The third-order valence-electron chi connectivity index (χ3n) is 3.09. The summed E-state index contributed by atoms with van der Waals surface area (Å²) in [5.41, 5.74) is -0.218. The van der Waals surface area contributed by atoms with Gasteiger partial charge in [-0.2, -0.15) is 0 Å². The standard InChI is InChI=1S/C18H15ClO4/c1-18(10-8-16(20)9-11-18)23-13-3-2-12-22-17(21)14-4-6-15(19)7-5-14/h4-11H,12-13H2,1H3. The molecular formula is C18H15ClO4. The van der Waals surface area contributed by atoms with Crippen LogP contribution in [0.2, 0.25) is 5.02 Å². The van der Waals surface area contributed by atoms with Gasteiger partial charge in [-0.25, -0.2) is 4.79 Å². The Morgan fingerprint density at radius 2 is 1.74 bits per heavy atom. The Bertz CT molecular complexity index is 689. The molecule has 1 aliphatic rings. The minimum absolute atomic E-state index is 0.0221. The highest BCUT2D eigenvalue weighted by molar-refractivity contribution is 6.30. The summed E-state index contributed by atoms with van der Waals surface area (Å²) >= 11 is 5.74. The summed E-state index contributed by atoms with van der Waals surface area (Å²) in [6.07, 6.45) is 6.28. The van der Waals surface area contributed by atoms with E-state index in [9.17, 15) is 9.59 Å². The van der Waals surface area contributed by atoms with E-state index in [1.165, 1.54) is 12.2 Å². The summed E-state index contributed by atoms with van der Waals surface area (Å²) in [5, 5.41) is 0.555. The van der Waals surface area contributed by atoms with Gasteiger partial charge in [0, 0.05) is 5.02 Å². The highest BCUT2D eigenvalue weighted by Gasteiger charge is 2.20. The van der Waals surface area contributed by atoms with Gasteiger partial charge in [-0.15, -0.1) is 0 Å². The molecule has 1 aromatic rings. The van der Waals surface area contributed by atoms with Crippen LogP contribution in [-0.4, -0.2) is 30.6 Å². The fourth-order valence-corrected chi connectivity index (χ4v) is 1.89.